The lowest BCUT2D eigenvalue weighted by Crippen LogP contribution is -2.05. The summed E-state index contributed by atoms with van der Waals surface area (Å²) in [5.74, 6) is -0.221. The van der Waals surface area contributed by atoms with Crippen LogP contribution in [0.1, 0.15) is 13.3 Å². The smallest absolute Gasteiger partial charge is 0.316 e. The molecular formula is C5H9O2S. The van der Waals surface area contributed by atoms with Crippen molar-refractivity contribution in [3.63, 3.8) is 0 Å². The summed E-state index contributed by atoms with van der Waals surface area (Å²) in [5.41, 5.74) is 0. The van der Waals surface area contributed by atoms with E-state index < -0.39 is 0 Å². The molecule has 0 rings (SSSR count). The molecule has 0 amide bonds. The first-order valence-electron chi connectivity index (χ1n) is 2.55. The highest BCUT2D eigenvalue weighted by molar-refractivity contribution is 7.81. The minimum atomic E-state index is -0.290. The van der Waals surface area contributed by atoms with Gasteiger partial charge in [-0.3, -0.25) is 4.79 Å². The molecule has 0 aliphatic rings. The minimum Gasteiger partial charge on any atom is -0.465 e. The van der Waals surface area contributed by atoms with Gasteiger partial charge in [-0.1, -0.05) is 19.6 Å². The van der Waals surface area contributed by atoms with Crippen molar-refractivity contribution in [2.45, 2.75) is 13.3 Å². The van der Waals surface area contributed by atoms with Crippen molar-refractivity contribution in [3.8, 4) is 0 Å². The molecule has 0 aliphatic heterocycles. The molecule has 0 aromatic carbocycles. The lowest BCUT2D eigenvalue weighted by Gasteiger charge is -1.96. The van der Waals surface area contributed by atoms with Gasteiger partial charge in [0, 0.05) is 0 Å². The fourth-order valence-electron chi connectivity index (χ4n) is 0.258. The topological polar surface area (TPSA) is 26.3 Å². The number of ether oxygens (including phenoxy) is 1. The van der Waals surface area contributed by atoms with Crippen LogP contribution in [0.15, 0.2) is 0 Å². The normalized spacial score (nSPS) is 8.75. The molecule has 0 saturated carbocycles. The highest BCUT2D eigenvalue weighted by Crippen LogP contribution is 1.83. The number of esters is 1. The molecule has 0 aromatic rings. The predicted octanol–water partition coefficient (Wildman–Crippen LogP) is 1.14. The number of hydrogen-bond acceptors (Lipinski definition) is 2. The van der Waals surface area contributed by atoms with E-state index in [4.69, 9.17) is 0 Å². The maximum absolute atomic E-state index is 10.2. The molecule has 0 N–H and O–H groups in total. The summed E-state index contributed by atoms with van der Waals surface area (Å²) in [4.78, 5) is 10.2. The van der Waals surface area contributed by atoms with Gasteiger partial charge in [0.15, 0.2) is 0 Å². The lowest BCUT2D eigenvalue weighted by atomic mass is 10.5. The molecule has 0 bridgehead atoms. The largest absolute Gasteiger partial charge is 0.465 e. The zero-order valence-corrected chi connectivity index (χ0v) is 5.66. The molecule has 0 saturated heterocycles. The Morgan fingerprint density at radius 3 is 2.75 bits per heavy atom. The Labute approximate surface area is 54.6 Å². The molecule has 0 spiro atoms. The zero-order chi connectivity index (χ0) is 6.41. The Hall–Kier alpha value is -0.180. The van der Waals surface area contributed by atoms with Gasteiger partial charge in [0.2, 0.25) is 0 Å². The van der Waals surface area contributed by atoms with Gasteiger partial charge in [0.1, 0.15) is 5.75 Å². The molecule has 0 aromatic heterocycles. The third-order valence-electron chi connectivity index (χ3n) is 0.585. The van der Waals surface area contributed by atoms with E-state index >= 15 is 0 Å². The van der Waals surface area contributed by atoms with Gasteiger partial charge in [-0.05, 0) is 6.42 Å². The molecule has 2 nitrogen and oxygen atoms in total. The van der Waals surface area contributed by atoms with Gasteiger partial charge in [-0.2, -0.15) is 0 Å². The second kappa shape index (κ2) is 4.97. The van der Waals surface area contributed by atoms with Gasteiger partial charge < -0.3 is 4.74 Å². The Balaban J connectivity index is 2.99. The summed E-state index contributed by atoms with van der Waals surface area (Å²) in [6.07, 6.45) is 0.862. The second-order valence-corrected chi connectivity index (χ2v) is 1.65. The van der Waals surface area contributed by atoms with Gasteiger partial charge in [0.05, 0.1) is 6.61 Å². The van der Waals surface area contributed by atoms with E-state index in [0.29, 0.717) is 6.61 Å². The lowest BCUT2D eigenvalue weighted by molar-refractivity contribution is -0.140. The van der Waals surface area contributed by atoms with Crippen molar-refractivity contribution in [2.75, 3.05) is 12.4 Å². The van der Waals surface area contributed by atoms with Gasteiger partial charge in [-0.25, -0.2) is 0 Å². The molecule has 3 heteroatoms. The zero-order valence-electron chi connectivity index (χ0n) is 4.85. The van der Waals surface area contributed by atoms with Gasteiger partial charge >= 0.3 is 5.97 Å². The first-order chi connectivity index (χ1) is 3.81. The van der Waals surface area contributed by atoms with E-state index in [1.807, 2.05) is 6.92 Å². The summed E-state index contributed by atoms with van der Waals surface area (Å²) < 4.78 is 4.60. The number of rotatable bonds is 3. The van der Waals surface area contributed by atoms with Gasteiger partial charge in [-0.15, -0.1) is 0 Å². The molecule has 0 atom stereocenters. The second-order valence-electron chi connectivity index (χ2n) is 1.36. The van der Waals surface area contributed by atoms with Crippen LogP contribution >= 0.6 is 12.6 Å². The summed E-state index contributed by atoms with van der Waals surface area (Å²) in [6.45, 7) is 2.44. The maximum Gasteiger partial charge on any atom is 0.316 e. The summed E-state index contributed by atoms with van der Waals surface area (Å²) >= 11 is 4.41. The maximum atomic E-state index is 10.2. The molecule has 47 valence electrons. The molecule has 0 unspecified atom stereocenters. The van der Waals surface area contributed by atoms with Crippen LogP contribution in [0.3, 0.4) is 0 Å². The van der Waals surface area contributed by atoms with Crippen molar-refractivity contribution in [3.05, 3.63) is 0 Å². The van der Waals surface area contributed by atoms with Crippen LogP contribution in [0.4, 0.5) is 0 Å². The SMILES string of the molecule is CCCOC(=O)C[S]. The first-order valence-corrected chi connectivity index (χ1v) is 3.12. The number of carbonyl (C=O) groups is 1. The fraction of sp³-hybridized carbons (Fsp3) is 0.800. The highest BCUT2D eigenvalue weighted by Gasteiger charge is 1.94. The van der Waals surface area contributed by atoms with E-state index in [1.54, 1.807) is 0 Å². The monoisotopic (exact) mass is 133 g/mol. The molecule has 0 heterocycles. The molecule has 1 radical (unpaired) electrons. The van der Waals surface area contributed by atoms with E-state index in [-0.39, 0.29) is 11.7 Å². The Morgan fingerprint density at radius 2 is 2.38 bits per heavy atom. The number of hydrogen-bond donors (Lipinski definition) is 0. The van der Waals surface area contributed by atoms with Crippen LogP contribution in [0.5, 0.6) is 0 Å². The average molecular weight is 133 g/mol. The van der Waals surface area contributed by atoms with Crippen LogP contribution < -0.4 is 0 Å². The van der Waals surface area contributed by atoms with E-state index in [1.165, 1.54) is 0 Å². The molecule has 0 fully saturated rings. The third-order valence-corrected chi connectivity index (χ3v) is 0.821. The molecule has 8 heavy (non-hydrogen) atoms. The van der Waals surface area contributed by atoms with Crippen LogP contribution in [-0.2, 0) is 9.53 Å². The highest BCUT2D eigenvalue weighted by atomic mass is 32.1. The summed E-state index contributed by atoms with van der Waals surface area (Å²) in [6, 6.07) is 0. The average Bonchev–Trinajstić information content (AvgIpc) is 1.83. The quantitative estimate of drug-likeness (QED) is 0.539. The Morgan fingerprint density at radius 1 is 1.75 bits per heavy atom. The third kappa shape index (κ3) is 3.99. The van der Waals surface area contributed by atoms with Crippen molar-refractivity contribution >= 4 is 18.6 Å². The van der Waals surface area contributed by atoms with E-state index in [9.17, 15) is 4.79 Å². The fourth-order valence-corrected chi connectivity index (χ4v) is 0.341. The molecular weight excluding hydrogens is 124 g/mol. The van der Waals surface area contributed by atoms with Crippen LogP contribution in [-0.4, -0.2) is 18.3 Å². The molecule has 0 aliphatic carbocycles. The van der Waals surface area contributed by atoms with Crippen molar-refractivity contribution in [2.24, 2.45) is 0 Å². The number of carbonyl (C=O) groups excluding carboxylic acids is 1. The summed E-state index contributed by atoms with van der Waals surface area (Å²) in [5, 5.41) is 0. The predicted molar refractivity (Wildman–Crippen MR) is 33.7 cm³/mol. The Bertz CT molecular complexity index is 72.8. The van der Waals surface area contributed by atoms with Crippen LogP contribution in [0.25, 0.3) is 0 Å². The van der Waals surface area contributed by atoms with Crippen LogP contribution in [0, 0.1) is 0 Å². The first kappa shape index (κ1) is 7.82. The van der Waals surface area contributed by atoms with E-state index in [0.717, 1.165) is 6.42 Å². The van der Waals surface area contributed by atoms with Gasteiger partial charge in [0.25, 0.3) is 0 Å². The van der Waals surface area contributed by atoms with E-state index in [2.05, 4.69) is 17.4 Å². The van der Waals surface area contributed by atoms with Crippen LogP contribution in [0.2, 0.25) is 0 Å². The van der Waals surface area contributed by atoms with Crippen molar-refractivity contribution in [1.29, 1.82) is 0 Å². The summed E-state index contributed by atoms with van der Waals surface area (Å²) in [7, 11) is 0. The Kier molecular flexibility index (Phi) is 4.85. The minimum absolute atomic E-state index is 0.0694. The van der Waals surface area contributed by atoms with Crippen molar-refractivity contribution in [1.82, 2.24) is 0 Å². The standard InChI is InChI=1S/C5H9O2S/c1-2-3-7-5(6)4-8/h2-4H2,1H3. The van der Waals surface area contributed by atoms with Crippen molar-refractivity contribution < 1.29 is 9.53 Å².